The lowest BCUT2D eigenvalue weighted by molar-refractivity contribution is 0.255. The lowest BCUT2D eigenvalue weighted by Crippen LogP contribution is -2.06. The predicted molar refractivity (Wildman–Crippen MR) is 58.8 cm³/mol. The van der Waals surface area contributed by atoms with Crippen molar-refractivity contribution in [3.8, 4) is 6.07 Å². The van der Waals surface area contributed by atoms with Gasteiger partial charge in [0.15, 0.2) is 0 Å². The molecule has 3 heteroatoms. The highest BCUT2D eigenvalue weighted by molar-refractivity contribution is 9.10. The van der Waals surface area contributed by atoms with Gasteiger partial charge in [-0.05, 0) is 30.5 Å². The van der Waals surface area contributed by atoms with Gasteiger partial charge in [-0.3, -0.25) is 0 Å². The van der Waals surface area contributed by atoms with Crippen molar-refractivity contribution in [1.29, 1.82) is 5.26 Å². The molecule has 1 aromatic rings. The second kappa shape index (κ2) is 5.14. The zero-order chi connectivity index (χ0) is 10.6. The highest BCUT2D eigenvalue weighted by Crippen LogP contribution is 2.19. The van der Waals surface area contributed by atoms with Crippen LogP contribution in [0.25, 0.3) is 0 Å². The van der Waals surface area contributed by atoms with Crippen molar-refractivity contribution >= 4 is 15.9 Å². The molecule has 0 aromatic heterocycles. The minimum atomic E-state index is -0.301. The average Bonchev–Trinajstić information content (AvgIpc) is 2.19. The van der Waals surface area contributed by atoms with Gasteiger partial charge in [0.25, 0.3) is 0 Å². The second-order valence-electron chi connectivity index (χ2n) is 3.30. The molecule has 0 aliphatic carbocycles. The van der Waals surface area contributed by atoms with Gasteiger partial charge in [-0.1, -0.05) is 28.1 Å². The van der Waals surface area contributed by atoms with E-state index in [4.69, 9.17) is 10.4 Å². The van der Waals surface area contributed by atoms with Crippen molar-refractivity contribution < 1.29 is 5.11 Å². The molecule has 0 heterocycles. The standard InChI is InChI=1S/C11H12BrNO/c1-8-2-3-9(5-11(8)12)4-10(6-13)7-14/h2-3,5,10,14H,4,7H2,1H3/t10-/m0/s1. The van der Waals surface area contributed by atoms with Crippen molar-refractivity contribution in [2.45, 2.75) is 13.3 Å². The van der Waals surface area contributed by atoms with Crippen LogP contribution in [-0.2, 0) is 6.42 Å². The molecule has 1 aromatic carbocycles. The largest absolute Gasteiger partial charge is 0.395 e. The summed E-state index contributed by atoms with van der Waals surface area (Å²) < 4.78 is 1.05. The first-order valence-corrected chi connectivity index (χ1v) is 5.22. The first-order chi connectivity index (χ1) is 6.67. The molecule has 0 fully saturated rings. The maximum absolute atomic E-state index is 8.88. The third-order valence-corrected chi connectivity index (χ3v) is 2.98. The van der Waals surface area contributed by atoms with Crippen LogP contribution in [0.5, 0.6) is 0 Å². The molecule has 0 aliphatic rings. The Morgan fingerprint density at radius 2 is 2.29 bits per heavy atom. The summed E-state index contributed by atoms with van der Waals surface area (Å²) in [6, 6.07) is 8.06. The Morgan fingerprint density at radius 1 is 1.57 bits per heavy atom. The fraction of sp³-hybridized carbons (Fsp3) is 0.364. The number of halogens is 1. The molecule has 1 atom stereocenters. The first-order valence-electron chi connectivity index (χ1n) is 4.43. The SMILES string of the molecule is Cc1ccc(C[C@@H](C#N)CO)cc1Br. The number of hydrogen-bond acceptors (Lipinski definition) is 2. The van der Waals surface area contributed by atoms with Crippen LogP contribution >= 0.6 is 15.9 Å². The number of benzene rings is 1. The molecule has 74 valence electrons. The first kappa shape index (κ1) is 11.2. The van der Waals surface area contributed by atoms with Crippen molar-refractivity contribution in [2.75, 3.05) is 6.61 Å². The number of nitriles is 1. The van der Waals surface area contributed by atoms with E-state index in [0.29, 0.717) is 6.42 Å². The van der Waals surface area contributed by atoms with Crippen LogP contribution < -0.4 is 0 Å². The van der Waals surface area contributed by atoms with Crippen molar-refractivity contribution in [3.05, 3.63) is 33.8 Å². The Kier molecular flexibility index (Phi) is 4.12. The van der Waals surface area contributed by atoms with Crippen molar-refractivity contribution in [3.63, 3.8) is 0 Å². The van der Waals surface area contributed by atoms with Crippen LogP contribution in [0, 0.1) is 24.2 Å². The average molecular weight is 254 g/mol. The summed E-state index contributed by atoms with van der Waals surface area (Å²) in [4.78, 5) is 0. The van der Waals surface area contributed by atoms with Crippen LogP contribution in [0.3, 0.4) is 0 Å². The molecule has 0 spiro atoms. The smallest absolute Gasteiger partial charge is 0.0734 e. The van der Waals surface area contributed by atoms with Gasteiger partial charge in [-0.2, -0.15) is 5.26 Å². The molecule has 1 rings (SSSR count). The summed E-state index contributed by atoms with van der Waals surface area (Å²) in [6.07, 6.45) is 0.603. The van der Waals surface area contributed by atoms with Gasteiger partial charge in [0.05, 0.1) is 18.6 Å². The summed E-state index contributed by atoms with van der Waals surface area (Å²) in [5.41, 5.74) is 2.24. The van der Waals surface area contributed by atoms with Crippen LogP contribution in [0.4, 0.5) is 0 Å². The molecule has 0 bridgehead atoms. The summed E-state index contributed by atoms with van der Waals surface area (Å²) in [7, 11) is 0. The molecule has 0 saturated carbocycles. The van der Waals surface area contributed by atoms with Gasteiger partial charge >= 0.3 is 0 Å². The van der Waals surface area contributed by atoms with E-state index in [-0.39, 0.29) is 12.5 Å². The summed E-state index contributed by atoms with van der Waals surface area (Å²) in [5, 5.41) is 17.6. The molecule has 0 aliphatic heterocycles. The Hall–Kier alpha value is -0.850. The van der Waals surface area contributed by atoms with E-state index in [1.165, 1.54) is 5.56 Å². The summed E-state index contributed by atoms with van der Waals surface area (Å²) in [6.45, 7) is 1.93. The quantitative estimate of drug-likeness (QED) is 0.900. The molecule has 14 heavy (non-hydrogen) atoms. The monoisotopic (exact) mass is 253 g/mol. The van der Waals surface area contributed by atoms with E-state index in [1.54, 1.807) is 0 Å². The number of nitrogens with zero attached hydrogens (tertiary/aromatic N) is 1. The summed E-state index contributed by atoms with van der Waals surface area (Å²) in [5.74, 6) is -0.301. The van der Waals surface area contributed by atoms with Crippen LogP contribution in [-0.4, -0.2) is 11.7 Å². The highest BCUT2D eigenvalue weighted by atomic mass is 79.9. The number of aliphatic hydroxyl groups is 1. The molecular formula is C11H12BrNO. The fourth-order valence-corrected chi connectivity index (χ4v) is 1.63. The van der Waals surface area contributed by atoms with Crippen LogP contribution in [0.2, 0.25) is 0 Å². The predicted octanol–water partition coefficient (Wildman–Crippen LogP) is 2.43. The number of rotatable bonds is 3. The zero-order valence-corrected chi connectivity index (χ0v) is 9.58. The van der Waals surface area contributed by atoms with Crippen molar-refractivity contribution in [2.24, 2.45) is 5.92 Å². The number of hydrogen-bond donors (Lipinski definition) is 1. The molecule has 1 N–H and O–H groups in total. The van der Waals surface area contributed by atoms with E-state index in [9.17, 15) is 0 Å². The Labute approximate surface area is 92.3 Å². The van der Waals surface area contributed by atoms with E-state index in [1.807, 2.05) is 25.1 Å². The normalized spacial score (nSPS) is 12.1. The third-order valence-electron chi connectivity index (χ3n) is 2.12. The molecule has 0 radical (unpaired) electrons. The van der Waals surface area contributed by atoms with E-state index in [2.05, 4.69) is 22.0 Å². The molecular weight excluding hydrogens is 242 g/mol. The minimum absolute atomic E-state index is 0.0814. The maximum Gasteiger partial charge on any atom is 0.0734 e. The van der Waals surface area contributed by atoms with Gasteiger partial charge in [0.2, 0.25) is 0 Å². The van der Waals surface area contributed by atoms with Crippen LogP contribution in [0.1, 0.15) is 11.1 Å². The van der Waals surface area contributed by atoms with Gasteiger partial charge in [0, 0.05) is 4.47 Å². The van der Waals surface area contributed by atoms with Gasteiger partial charge < -0.3 is 5.11 Å². The lowest BCUT2D eigenvalue weighted by atomic mass is 10.0. The highest BCUT2D eigenvalue weighted by Gasteiger charge is 2.07. The number of aliphatic hydroxyl groups excluding tert-OH is 1. The molecule has 2 nitrogen and oxygen atoms in total. The molecule has 0 saturated heterocycles. The molecule has 0 amide bonds. The number of aryl methyl sites for hydroxylation is 1. The molecule has 0 unspecified atom stereocenters. The van der Waals surface area contributed by atoms with Crippen LogP contribution in [0.15, 0.2) is 22.7 Å². The minimum Gasteiger partial charge on any atom is -0.395 e. The second-order valence-corrected chi connectivity index (χ2v) is 4.15. The fourth-order valence-electron chi connectivity index (χ4n) is 1.20. The lowest BCUT2D eigenvalue weighted by Gasteiger charge is -2.06. The van der Waals surface area contributed by atoms with E-state index < -0.39 is 0 Å². The van der Waals surface area contributed by atoms with E-state index in [0.717, 1.165) is 10.0 Å². The van der Waals surface area contributed by atoms with Gasteiger partial charge in [-0.15, -0.1) is 0 Å². The topological polar surface area (TPSA) is 44.0 Å². The third kappa shape index (κ3) is 2.83. The Morgan fingerprint density at radius 3 is 2.79 bits per heavy atom. The van der Waals surface area contributed by atoms with Crippen molar-refractivity contribution in [1.82, 2.24) is 0 Å². The zero-order valence-electron chi connectivity index (χ0n) is 8.00. The van der Waals surface area contributed by atoms with E-state index >= 15 is 0 Å². The Balaban J connectivity index is 2.78. The Bertz CT molecular complexity index is 357. The maximum atomic E-state index is 8.88. The van der Waals surface area contributed by atoms with Gasteiger partial charge in [0.1, 0.15) is 0 Å². The van der Waals surface area contributed by atoms with Gasteiger partial charge in [-0.25, -0.2) is 0 Å². The summed E-state index contributed by atoms with van der Waals surface area (Å²) >= 11 is 3.43.